The molecule has 0 radical (unpaired) electrons. The second-order valence-electron chi connectivity index (χ2n) is 5.84. The van der Waals surface area contributed by atoms with Crippen LogP contribution in [0.3, 0.4) is 0 Å². The van der Waals surface area contributed by atoms with Crippen LogP contribution in [-0.4, -0.2) is 59.9 Å². The van der Waals surface area contributed by atoms with Gasteiger partial charge in [0.25, 0.3) is 0 Å². The van der Waals surface area contributed by atoms with Crippen molar-refractivity contribution in [2.75, 3.05) is 44.4 Å². The van der Waals surface area contributed by atoms with E-state index in [1.54, 1.807) is 7.05 Å². The molecule has 0 spiro atoms. The maximum Gasteiger partial charge on any atom is 0.208 e. The molecule has 1 heterocycles. The molecule has 1 fully saturated rings. The molecule has 1 unspecified atom stereocenters. The first kappa shape index (κ1) is 22.8. The third-order valence-electron chi connectivity index (χ3n) is 3.78. The fraction of sp³-hybridized carbons (Fsp3) is 0.533. The minimum atomic E-state index is -3.22. The van der Waals surface area contributed by atoms with Gasteiger partial charge in [0.1, 0.15) is 11.6 Å². The van der Waals surface area contributed by atoms with E-state index >= 15 is 0 Å². The van der Waals surface area contributed by atoms with E-state index in [2.05, 4.69) is 20.3 Å². The van der Waals surface area contributed by atoms with Gasteiger partial charge in [-0.1, -0.05) is 0 Å². The van der Waals surface area contributed by atoms with Crippen LogP contribution < -0.4 is 20.3 Å². The van der Waals surface area contributed by atoms with Gasteiger partial charge in [-0.05, 0) is 18.6 Å². The molecule has 3 N–H and O–H groups in total. The Morgan fingerprint density at radius 1 is 1.35 bits per heavy atom. The normalized spacial score (nSPS) is 17.8. The average molecular weight is 503 g/mol. The predicted octanol–water partition coefficient (Wildman–Crippen LogP) is 0.876. The number of nitrogens with one attached hydrogen (secondary N) is 3. The van der Waals surface area contributed by atoms with E-state index in [1.165, 1.54) is 12.1 Å². The number of benzene rings is 1. The molecule has 1 aromatic carbocycles. The van der Waals surface area contributed by atoms with E-state index in [1.807, 2.05) is 4.90 Å². The molecule has 7 nitrogen and oxygen atoms in total. The summed E-state index contributed by atoms with van der Waals surface area (Å²) in [4.78, 5) is 5.94. The number of nitrogens with zero attached hydrogens (tertiary/aromatic N) is 2. The maximum atomic E-state index is 13.9. The highest BCUT2D eigenvalue weighted by Gasteiger charge is 2.25. The van der Waals surface area contributed by atoms with Gasteiger partial charge >= 0.3 is 0 Å². The summed E-state index contributed by atoms with van der Waals surface area (Å²) in [7, 11) is -1.60. The molecule has 0 amide bonds. The molecule has 11 heteroatoms. The van der Waals surface area contributed by atoms with Crippen LogP contribution in [0.15, 0.2) is 23.2 Å². The fourth-order valence-electron chi connectivity index (χ4n) is 2.64. The standard InChI is InChI=1S/C15H23F2N5O2S.HI/c1-18-15(19-6-7-20-25(2,23)24)21-12-5-8-22(10-12)14-4-3-11(16)9-13(14)17;/h3-4,9,12,20H,5-8,10H2,1-2H3,(H2,18,19,21);1H. The van der Waals surface area contributed by atoms with E-state index in [0.717, 1.165) is 18.7 Å². The van der Waals surface area contributed by atoms with Gasteiger partial charge in [0.15, 0.2) is 5.96 Å². The molecular formula is C15H24F2IN5O2S. The van der Waals surface area contributed by atoms with Crippen LogP contribution in [-0.2, 0) is 10.0 Å². The fourth-order valence-corrected chi connectivity index (χ4v) is 3.11. The van der Waals surface area contributed by atoms with Crippen LogP contribution in [0.25, 0.3) is 0 Å². The summed E-state index contributed by atoms with van der Waals surface area (Å²) in [5.41, 5.74) is 0.381. The number of rotatable bonds is 6. The molecule has 0 aromatic heterocycles. The third kappa shape index (κ3) is 7.19. The van der Waals surface area contributed by atoms with Gasteiger partial charge in [-0.3, -0.25) is 4.99 Å². The average Bonchev–Trinajstić information content (AvgIpc) is 2.97. The second kappa shape index (κ2) is 10.2. The Morgan fingerprint density at radius 2 is 2.08 bits per heavy atom. The number of halogens is 3. The number of hydrogen-bond donors (Lipinski definition) is 3. The predicted molar refractivity (Wildman–Crippen MR) is 110 cm³/mol. The minimum absolute atomic E-state index is 0. The first-order valence-corrected chi connectivity index (χ1v) is 9.79. The Morgan fingerprint density at radius 3 is 2.69 bits per heavy atom. The monoisotopic (exact) mass is 503 g/mol. The zero-order chi connectivity index (χ0) is 18.4. The molecule has 0 bridgehead atoms. The van der Waals surface area contributed by atoms with Gasteiger partial charge < -0.3 is 15.5 Å². The Bertz CT molecular complexity index is 733. The summed E-state index contributed by atoms with van der Waals surface area (Å²) in [5.74, 6) is -0.626. The van der Waals surface area contributed by atoms with Crippen LogP contribution in [0.2, 0.25) is 0 Å². The van der Waals surface area contributed by atoms with E-state index in [0.29, 0.717) is 31.3 Å². The lowest BCUT2D eigenvalue weighted by molar-refractivity contribution is 0.579. The molecule has 2 rings (SSSR count). The van der Waals surface area contributed by atoms with E-state index in [-0.39, 0.29) is 36.6 Å². The number of anilines is 1. The first-order chi connectivity index (χ1) is 11.8. The minimum Gasteiger partial charge on any atom is -0.367 e. The van der Waals surface area contributed by atoms with E-state index in [4.69, 9.17) is 0 Å². The maximum absolute atomic E-state index is 13.9. The number of hydrogen-bond acceptors (Lipinski definition) is 4. The van der Waals surface area contributed by atoms with Crippen molar-refractivity contribution in [2.24, 2.45) is 4.99 Å². The van der Waals surface area contributed by atoms with Crippen molar-refractivity contribution < 1.29 is 17.2 Å². The quantitative estimate of drug-likeness (QED) is 0.232. The molecule has 0 aliphatic carbocycles. The lowest BCUT2D eigenvalue weighted by atomic mass is 10.2. The molecule has 1 aromatic rings. The van der Waals surface area contributed by atoms with E-state index < -0.39 is 21.7 Å². The van der Waals surface area contributed by atoms with Crippen molar-refractivity contribution in [3.8, 4) is 0 Å². The van der Waals surface area contributed by atoms with Gasteiger partial charge in [-0.2, -0.15) is 0 Å². The van der Waals surface area contributed by atoms with Crippen molar-refractivity contribution in [3.05, 3.63) is 29.8 Å². The number of sulfonamides is 1. The molecule has 148 valence electrons. The Kier molecular flexibility index (Phi) is 8.96. The summed E-state index contributed by atoms with van der Waals surface area (Å²) in [6.45, 7) is 1.84. The smallest absolute Gasteiger partial charge is 0.208 e. The summed E-state index contributed by atoms with van der Waals surface area (Å²) in [5, 5.41) is 6.23. The summed E-state index contributed by atoms with van der Waals surface area (Å²) < 4.78 is 51.3. The van der Waals surface area contributed by atoms with Crippen LogP contribution in [0, 0.1) is 11.6 Å². The van der Waals surface area contributed by atoms with Crippen molar-refractivity contribution >= 4 is 45.6 Å². The number of aliphatic imine (C=N–C) groups is 1. The van der Waals surface area contributed by atoms with Crippen LogP contribution >= 0.6 is 24.0 Å². The highest BCUT2D eigenvalue weighted by molar-refractivity contribution is 14.0. The Hall–Kier alpha value is -1.21. The van der Waals surface area contributed by atoms with Crippen molar-refractivity contribution in [1.29, 1.82) is 0 Å². The van der Waals surface area contributed by atoms with Crippen molar-refractivity contribution in [3.63, 3.8) is 0 Å². The summed E-state index contributed by atoms with van der Waals surface area (Å²) in [6, 6.07) is 3.62. The lowest BCUT2D eigenvalue weighted by Gasteiger charge is -2.21. The molecule has 1 atom stereocenters. The Labute approximate surface area is 169 Å². The molecule has 26 heavy (non-hydrogen) atoms. The largest absolute Gasteiger partial charge is 0.367 e. The van der Waals surface area contributed by atoms with Gasteiger partial charge in [0.2, 0.25) is 10.0 Å². The second-order valence-corrected chi connectivity index (χ2v) is 7.67. The molecule has 0 saturated carbocycles. The molecule has 1 saturated heterocycles. The van der Waals surface area contributed by atoms with Gasteiger partial charge in [0, 0.05) is 45.3 Å². The van der Waals surface area contributed by atoms with Gasteiger partial charge in [-0.25, -0.2) is 21.9 Å². The van der Waals surface area contributed by atoms with Crippen LogP contribution in [0.5, 0.6) is 0 Å². The lowest BCUT2D eigenvalue weighted by Crippen LogP contribution is -2.46. The molecular weight excluding hydrogens is 479 g/mol. The highest BCUT2D eigenvalue weighted by Crippen LogP contribution is 2.24. The zero-order valence-electron chi connectivity index (χ0n) is 14.6. The van der Waals surface area contributed by atoms with Crippen molar-refractivity contribution in [2.45, 2.75) is 12.5 Å². The topological polar surface area (TPSA) is 85.8 Å². The van der Waals surface area contributed by atoms with Gasteiger partial charge in [-0.15, -0.1) is 24.0 Å². The third-order valence-corrected chi connectivity index (χ3v) is 4.51. The first-order valence-electron chi connectivity index (χ1n) is 7.90. The van der Waals surface area contributed by atoms with E-state index in [9.17, 15) is 17.2 Å². The number of guanidine groups is 1. The zero-order valence-corrected chi connectivity index (χ0v) is 17.8. The Balaban J connectivity index is 0.00000338. The van der Waals surface area contributed by atoms with Crippen LogP contribution in [0.4, 0.5) is 14.5 Å². The van der Waals surface area contributed by atoms with Crippen molar-refractivity contribution in [1.82, 2.24) is 15.4 Å². The highest BCUT2D eigenvalue weighted by atomic mass is 127. The van der Waals surface area contributed by atoms with Gasteiger partial charge in [0.05, 0.1) is 11.9 Å². The summed E-state index contributed by atoms with van der Waals surface area (Å²) in [6.07, 6.45) is 1.88. The summed E-state index contributed by atoms with van der Waals surface area (Å²) >= 11 is 0. The SMILES string of the molecule is CN=C(NCCNS(C)(=O)=O)NC1CCN(c2ccc(F)cc2F)C1.I. The molecule has 1 aliphatic heterocycles. The molecule has 1 aliphatic rings. The van der Waals surface area contributed by atoms with Crippen LogP contribution in [0.1, 0.15) is 6.42 Å².